The molecule has 0 saturated heterocycles. The van der Waals surface area contributed by atoms with Gasteiger partial charge in [-0.15, -0.1) is 0 Å². The Bertz CT molecular complexity index is 1290. The molecule has 0 aliphatic rings. The molecule has 5 rings (SSSR count). The van der Waals surface area contributed by atoms with Gasteiger partial charge in [0.15, 0.2) is 0 Å². The molecule has 2 heterocycles. The van der Waals surface area contributed by atoms with Crippen LogP contribution in [0.15, 0.2) is 94.1 Å². The lowest BCUT2D eigenvalue weighted by molar-refractivity contribution is 0.570. The van der Waals surface area contributed by atoms with E-state index in [-0.39, 0.29) is 5.63 Å². The number of aromatic nitrogens is 2. The van der Waals surface area contributed by atoms with Crippen molar-refractivity contribution in [3.63, 3.8) is 0 Å². The lowest BCUT2D eigenvalue weighted by atomic mass is 10.1. The zero-order chi connectivity index (χ0) is 17.5. The third kappa shape index (κ3) is 2.16. The van der Waals surface area contributed by atoms with Crippen LogP contribution in [0.25, 0.3) is 38.8 Å². The van der Waals surface area contributed by atoms with Crippen LogP contribution in [0, 0.1) is 0 Å². The van der Waals surface area contributed by atoms with Gasteiger partial charge in [0.25, 0.3) is 0 Å². The molecule has 0 bridgehead atoms. The topological polar surface area (TPSA) is 48.0 Å². The summed E-state index contributed by atoms with van der Waals surface area (Å²) in [5, 5.41) is 6.13. The second-order valence-corrected chi connectivity index (χ2v) is 6.07. The van der Waals surface area contributed by atoms with E-state index < -0.39 is 0 Å². The first kappa shape index (κ1) is 14.7. The summed E-state index contributed by atoms with van der Waals surface area (Å²) in [7, 11) is 0. The zero-order valence-corrected chi connectivity index (χ0v) is 13.8. The highest BCUT2D eigenvalue weighted by Crippen LogP contribution is 2.32. The predicted octanol–water partition coefficient (Wildman–Crippen LogP) is 4.80. The Kier molecular flexibility index (Phi) is 3.22. The van der Waals surface area contributed by atoms with Gasteiger partial charge < -0.3 is 4.42 Å². The number of benzene rings is 3. The van der Waals surface area contributed by atoms with E-state index in [1.165, 1.54) is 0 Å². The minimum Gasteiger partial charge on any atom is -0.422 e. The summed E-state index contributed by atoms with van der Waals surface area (Å²) in [6, 6.07) is 27.1. The maximum atomic E-state index is 12.8. The Morgan fingerprint density at radius 1 is 0.769 bits per heavy atom. The van der Waals surface area contributed by atoms with Gasteiger partial charge in [0.1, 0.15) is 16.5 Å². The molecular weight excluding hydrogens is 324 g/mol. The van der Waals surface area contributed by atoms with Crippen molar-refractivity contribution in [3.8, 4) is 16.9 Å². The molecule has 0 radical (unpaired) electrons. The molecular formula is C22H14N2O2. The van der Waals surface area contributed by atoms with Gasteiger partial charge in [-0.2, -0.15) is 5.10 Å². The van der Waals surface area contributed by atoms with Crippen molar-refractivity contribution in [2.45, 2.75) is 0 Å². The first-order chi connectivity index (χ1) is 12.8. The summed E-state index contributed by atoms with van der Waals surface area (Å²) in [6.07, 6.45) is 0. The largest absolute Gasteiger partial charge is 0.422 e. The quantitative estimate of drug-likeness (QED) is 0.434. The maximum absolute atomic E-state index is 12.8. The minimum atomic E-state index is -0.375. The molecule has 124 valence electrons. The molecule has 3 aromatic carbocycles. The van der Waals surface area contributed by atoms with Crippen molar-refractivity contribution in [2.24, 2.45) is 0 Å². The molecule has 0 amide bonds. The van der Waals surface area contributed by atoms with E-state index in [1.807, 2.05) is 83.5 Å². The number of rotatable bonds is 2. The van der Waals surface area contributed by atoms with Crippen LogP contribution in [0.4, 0.5) is 0 Å². The molecule has 0 aliphatic heterocycles. The molecule has 0 saturated carbocycles. The normalized spacial score (nSPS) is 11.2. The van der Waals surface area contributed by atoms with Crippen molar-refractivity contribution in [2.75, 3.05) is 0 Å². The van der Waals surface area contributed by atoms with Gasteiger partial charge in [-0.25, -0.2) is 9.48 Å². The van der Waals surface area contributed by atoms with Crippen molar-refractivity contribution >= 4 is 21.9 Å². The summed E-state index contributed by atoms with van der Waals surface area (Å²) < 4.78 is 7.40. The number of hydrogen-bond acceptors (Lipinski definition) is 3. The van der Waals surface area contributed by atoms with Crippen molar-refractivity contribution in [1.29, 1.82) is 0 Å². The molecule has 0 unspecified atom stereocenters. The second kappa shape index (κ2) is 5.70. The lowest BCUT2D eigenvalue weighted by Gasteiger charge is -2.07. The monoisotopic (exact) mass is 338 g/mol. The molecule has 0 aliphatic carbocycles. The first-order valence-corrected chi connectivity index (χ1v) is 8.38. The van der Waals surface area contributed by atoms with Crippen molar-refractivity contribution in [1.82, 2.24) is 9.78 Å². The van der Waals surface area contributed by atoms with Crippen LogP contribution >= 0.6 is 0 Å². The summed E-state index contributed by atoms with van der Waals surface area (Å²) in [5.74, 6) is 0. The summed E-state index contributed by atoms with van der Waals surface area (Å²) in [5.41, 5.74) is 3.38. The molecule has 0 spiro atoms. The Morgan fingerprint density at radius 2 is 1.42 bits per heavy atom. The van der Waals surface area contributed by atoms with Crippen LogP contribution in [0.5, 0.6) is 0 Å². The fourth-order valence-corrected chi connectivity index (χ4v) is 3.32. The molecule has 26 heavy (non-hydrogen) atoms. The fraction of sp³-hybridized carbons (Fsp3) is 0. The highest BCUT2D eigenvalue weighted by molar-refractivity contribution is 6.07. The number of nitrogens with zero attached hydrogens (tertiary/aromatic N) is 2. The van der Waals surface area contributed by atoms with Gasteiger partial charge in [-0.05, 0) is 24.3 Å². The van der Waals surface area contributed by atoms with Gasteiger partial charge in [0.05, 0.1) is 11.4 Å². The number of para-hydroxylation sites is 2. The molecule has 4 nitrogen and oxygen atoms in total. The number of hydrogen-bond donors (Lipinski definition) is 0. The Hall–Kier alpha value is -3.66. The highest BCUT2D eigenvalue weighted by Gasteiger charge is 2.20. The molecule has 0 N–H and O–H groups in total. The second-order valence-electron chi connectivity index (χ2n) is 6.07. The summed E-state index contributed by atoms with van der Waals surface area (Å²) in [4.78, 5) is 12.8. The summed E-state index contributed by atoms with van der Waals surface area (Å²) in [6.45, 7) is 0. The van der Waals surface area contributed by atoms with E-state index in [2.05, 4.69) is 0 Å². The SMILES string of the molecule is O=c1oc2ccccc2c2nn(-c3ccccc3)c(-c3ccccc3)c12. The molecule has 5 aromatic rings. The van der Waals surface area contributed by atoms with E-state index in [4.69, 9.17) is 9.52 Å². The molecule has 2 aromatic heterocycles. The van der Waals surface area contributed by atoms with Gasteiger partial charge in [0.2, 0.25) is 0 Å². The van der Waals surface area contributed by atoms with E-state index in [0.717, 1.165) is 22.3 Å². The predicted molar refractivity (Wildman–Crippen MR) is 103 cm³/mol. The molecule has 0 fully saturated rings. The van der Waals surface area contributed by atoms with Crippen LogP contribution in [-0.2, 0) is 0 Å². The van der Waals surface area contributed by atoms with Crippen LogP contribution < -0.4 is 5.63 Å². The van der Waals surface area contributed by atoms with Gasteiger partial charge in [-0.3, -0.25) is 0 Å². The van der Waals surface area contributed by atoms with Crippen molar-refractivity contribution < 1.29 is 4.42 Å². The third-order valence-corrected chi connectivity index (χ3v) is 4.48. The third-order valence-electron chi connectivity index (χ3n) is 4.48. The number of fused-ring (bicyclic) bond motifs is 3. The Morgan fingerprint density at radius 3 is 2.19 bits per heavy atom. The standard InChI is InChI=1S/C22H14N2O2/c25-22-19-20(17-13-7-8-14-18(17)26-22)23-24(16-11-5-2-6-12-16)21(19)15-9-3-1-4-10-15/h1-14H. The average molecular weight is 338 g/mol. The average Bonchev–Trinajstić information content (AvgIpc) is 3.11. The Labute approximate surface area is 148 Å². The zero-order valence-electron chi connectivity index (χ0n) is 13.8. The van der Waals surface area contributed by atoms with E-state index in [9.17, 15) is 4.79 Å². The highest BCUT2D eigenvalue weighted by atomic mass is 16.4. The smallest absolute Gasteiger partial charge is 0.348 e. The van der Waals surface area contributed by atoms with E-state index in [0.29, 0.717) is 16.5 Å². The molecule has 0 atom stereocenters. The van der Waals surface area contributed by atoms with Crippen LogP contribution in [0.3, 0.4) is 0 Å². The van der Waals surface area contributed by atoms with Gasteiger partial charge in [0, 0.05) is 10.9 Å². The summed E-state index contributed by atoms with van der Waals surface area (Å²) >= 11 is 0. The molecule has 4 heteroatoms. The minimum absolute atomic E-state index is 0.375. The Balaban J connectivity index is 1.99. The van der Waals surface area contributed by atoms with Gasteiger partial charge in [-0.1, -0.05) is 60.7 Å². The van der Waals surface area contributed by atoms with E-state index in [1.54, 1.807) is 6.07 Å². The van der Waals surface area contributed by atoms with Crippen LogP contribution in [-0.4, -0.2) is 9.78 Å². The van der Waals surface area contributed by atoms with Crippen LogP contribution in [0.1, 0.15) is 0 Å². The lowest BCUT2D eigenvalue weighted by Crippen LogP contribution is -2.02. The first-order valence-electron chi connectivity index (χ1n) is 8.38. The fourth-order valence-electron chi connectivity index (χ4n) is 3.32. The maximum Gasteiger partial charge on any atom is 0.348 e. The van der Waals surface area contributed by atoms with Crippen molar-refractivity contribution in [3.05, 3.63) is 95.3 Å². The van der Waals surface area contributed by atoms with Gasteiger partial charge >= 0.3 is 5.63 Å². The van der Waals surface area contributed by atoms with E-state index >= 15 is 0 Å². The van der Waals surface area contributed by atoms with Crippen LogP contribution in [0.2, 0.25) is 0 Å².